The van der Waals surface area contributed by atoms with Gasteiger partial charge in [0.2, 0.25) is 0 Å². The topological polar surface area (TPSA) is 68.3 Å². The summed E-state index contributed by atoms with van der Waals surface area (Å²) >= 11 is 7.21. The number of pyridine rings is 1. The lowest BCUT2D eigenvalue weighted by atomic mass is 9.98. The summed E-state index contributed by atoms with van der Waals surface area (Å²) in [5.74, 6) is -0.164. The molecule has 10 heteroatoms. The predicted octanol–water partition coefficient (Wildman–Crippen LogP) is 7.76. The maximum Gasteiger partial charge on any atom is 0.416 e. The molecule has 1 aromatic heterocycles. The molecule has 5 nitrogen and oxygen atoms in total. The molecule has 4 aromatic rings. The van der Waals surface area contributed by atoms with E-state index in [1.807, 2.05) is 48.5 Å². The SMILES string of the molecule is O=Cc1cccnc1Sc1c(Cl)cc(C(F)(F)F)cc1CNC(=O)OCC1c2ccccc2-c2ccccc21. The smallest absolute Gasteiger partial charge is 0.416 e. The van der Waals surface area contributed by atoms with Crippen LogP contribution in [0, 0.1) is 0 Å². The van der Waals surface area contributed by atoms with Crippen LogP contribution in [0.2, 0.25) is 5.02 Å². The molecule has 0 radical (unpaired) electrons. The average Bonchev–Trinajstić information content (AvgIpc) is 3.25. The Hall–Kier alpha value is -3.82. The van der Waals surface area contributed by atoms with Crippen molar-refractivity contribution in [3.8, 4) is 11.1 Å². The lowest BCUT2D eigenvalue weighted by Crippen LogP contribution is -2.26. The van der Waals surface area contributed by atoms with Crippen molar-refractivity contribution in [2.75, 3.05) is 6.61 Å². The highest BCUT2D eigenvalue weighted by Gasteiger charge is 2.33. The molecular weight excluding hydrogens is 549 g/mol. The molecule has 0 bridgehead atoms. The standard InChI is InChI=1S/C29H20ClF3N2O3S/c30-25-13-19(29(31,32)33)12-18(26(25)39-27-17(15-36)6-5-11-34-27)14-35-28(37)38-16-24-22-9-3-1-7-20(22)21-8-2-4-10-23(21)24/h1-13,15,24H,14,16H2,(H,35,37). The molecule has 0 fully saturated rings. The summed E-state index contributed by atoms with van der Waals surface area (Å²) in [6.45, 7) is -0.229. The third-order valence-corrected chi connectivity index (χ3v) is 7.97. The first-order valence-corrected chi connectivity index (χ1v) is 13.0. The third kappa shape index (κ3) is 5.65. The Labute approximate surface area is 231 Å². The molecule has 1 aliphatic rings. The maximum absolute atomic E-state index is 13.5. The Kier molecular flexibility index (Phi) is 7.63. The molecule has 0 atom stereocenters. The van der Waals surface area contributed by atoms with Crippen LogP contribution in [0.25, 0.3) is 11.1 Å². The normalized spacial score (nSPS) is 12.5. The minimum absolute atomic E-state index is 0.0570. The molecule has 1 aliphatic carbocycles. The number of benzene rings is 3. The first kappa shape index (κ1) is 26.8. The van der Waals surface area contributed by atoms with Crippen LogP contribution >= 0.6 is 23.4 Å². The first-order valence-electron chi connectivity index (χ1n) is 11.8. The fourth-order valence-corrected chi connectivity index (χ4v) is 5.87. The van der Waals surface area contributed by atoms with Gasteiger partial charge in [0.1, 0.15) is 11.6 Å². The lowest BCUT2D eigenvalue weighted by molar-refractivity contribution is -0.137. The van der Waals surface area contributed by atoms with Gasteiger partial charge >= 0.3 is 12.3 Å². The molecule has 5 rings (SSSR count). The van der Waals surface area contributed by atoms with Gasteiger partial charge in [-0.25, -0.2) is 9.78 Å². The molecular formula is C29H20ClF3N2O3S. The van der Waals surface area contributed by atoms with Crippen LogP contribution in [-0.4, -0.2) is 24.0 Å². The number of rotatable bonds is 7. The van der Waals surface area contributed by atoms with E-state index in [1.165, 1.54) is 12.3 Å². The summed E-state index contributed by atoms with van der Waals surface area (Å²) in [5.41, 5.74) is 3.63. The fraction of sp³-hybridized carbons (Fsp3) is 0.138. The molecule has 0 unspecified atom stereocenters. The molecule has 3 aromatic carbocycles. The molecule has 1 N–H and O–H groups in total. The number of nitrogens with zero attached hydrogens (tertiary/aromatic N) is 1. The Morgan fingerprint density at radius 2 is 1.69 bits per heavy atom. The van der Waals surface area contributed by atoms with Gasteiger partial charge in [0.25, 0.3) is 0 Å². The number of aromatic nitrogens is 1. The Morgan fingerprint density at radius 3 is 2.33 bits per heavy atom. The molecule has 0 saturated heterocycles. The van der Waals surface area contributed by atoms with Crippen LogP contribution in [0.5, 0.6) is 0 Å². The lowest BCUT2D eigenvalue weighted by Gasteiger charge is -2.17. The second kappa shape index (κ2) is 11.1. The summed E-state index contributed by atoms with van der Waals surface area (Å²) < 4.78 is 46.1. The summed E-state index contributed by atoms with van der Waals surface area (Å²) in [4.78, 5) is 28.5. The Bertz CT molecular complexity index is 1520. The third-order valence-electron chi connectivity index (χ3n) is 6.34. The van der Waals surface area contributed by atoms with Crippen molar-refractivity contribution >= 4 is 35.7 Å². The predicted molar refractivity (Wildman–Crippen MR) is 142 cm³/mol. The number of ether oxygens (including phenoxy) is 1. The number of alkyl halides is 3. The van der Waals surface area contributed by atoms with Crippen LogP contribution in [0.4, 0.5) is 18.0 Å². The van der Waals surface area contributed by atoms with Gasteiger partial charge in [0.05, 0.1) is 10.6 Å². The van der Waals surface area contributed by atoms with E-state index in [0.717, 1.165) is 46.1 Å². The number of hydrogen-bond acceptors (Lipinski definition) is 5. The summed E-state index contributed by atoms with van der Waals surface area (Å²) in [6, 6.07) is 20.6. The molecule has 1 heterocycles. The second-order valence-corrected chi connectivity index (χ2v) is 10.1. The highest BCUT2D eigenvalue weighted by atomic mass is 35.5. The maximum atomic E-state index is 13.5. The number of carbonyl (C=O) groups is 2. The van der Waals surface area contributed by atoms with Crippen LogP contribution in [0.15, 0.2) is 88.9 Å². The highest BCUT2D eigenvalue weighted by molar-refractivity contribution is 7.99. The van der Waals surface area contributed by atoms with E-state index in [-0.39, 0.29) is 45.1 Å². The number of alkyl carbamates (subject to hydrolysis) is 1. The van der Waals surface area contributed by atoms with E-state index < -0.39 is 17.8 Å². The molecule has 0 saturated carbocycles. The van der Waals surface area contributed by atoms with Gasteiger partial charge in [-0.05, 0) is 52.1 Å². The zero-order valence-electron chi connectivity index (χ0n) is 20.2. The van der Waals surface area contributed by atoms with Gasteiger partial charge in [0.15, 0.2) is 6.29 Å². The van der Waals surface area contributed by atoms with E-state index >= 15 is 0 Å². The number of nitrogens with one attached hydrogen (secondary N) is 1. The van der Waals surface area contributed by atoms with Crippen molar-refractivity contribution in [1.82, 2.24) is 10.3 Å². The quantitative estimate of drug-likeness (QED) is 0.231. The number of halogens is 4. The van der Waals surface area contributed by atoms with Crippen LogP contribution in [0.1, 0.15) is 38.5 Å². The van der Waals surface area contributed by atoms with E-state index in [2.05, 4.69) is 10.3 Å². The van der Waals surface area contributed by atoms with Crippen molar-refractivity contribution in [2.24, 2.45) is 0 Å². The zero-order chi connectivity index (χ0) is 27.6. The number of aldehydes is 1. The molecule has 39 heavy (non-hydrogen) atoms. The van der Waals surface area contributed by atoms with E-state index in [9.17, 15) is 22.8 Å². The van der Waals surface area contributed by atoms with Crippen LogP contribution in [-0.2, 0) is 17.5 Å². The van der Waals surface area contributed by atoms with Crippen molar-refractivity contribution in [1.29, 1.82) is 0 Å². The van der Waals surface area contributed by atoms with Crippen molar-refractivity contribution in [2.45, 2.75) is 28.6 Å². The van der Waals surface area contributed by atoms with Crippen molar-refractivity contribution < 1.29 is 27.5 Å². The molecule has 1 amide bonds. The summed E-state index contributed by atoms with van der Waals surface area (Å²) in [6.07, 6.45) is -3.37. The number of fused-ring (bicyclic) bond motifs is 3. The highest BCUT2D eigenvalue weighted by Crippen LogP contribution is 2.45. The first-order chi connectivity index (χ1) is 18.8. The van der Waals surface area contributed by atoms with Crippen LogP contribution < -0.4 is 5.32 Å². The van der Waals surface area contributed by atoms with E-state index in [1.54, 1.807) is 6.07 Å². The average molecular weight is 569 g/mol. The van der Waals surface area contributed by atoms with E-state index in [0.29, 0.717) is 6.29 Å². The van der Waals surface area contributed by atoms with Crippen molar-refractivity contribution in [3.63, 3.8) is 0 Å². The molecule has 0 aliphatic heterocycles. The minimum atomic E-state index is -4.65. The minimum Gasteiger partial charge on any atom is -0.449 e. The van der Waals surface area contributed by atoms with Gasteiger partial charge < -0.3 is 10.1 Å². The van der Waals surface area contributed by atoms with Gasteiger partial charge in [-0.1, -0.05) is 71.9 Å². The van der Waals surface area contributed by atoms with Gasteiger partial charge in [0, 0.05) is 29.1 Å². The molecule has 198 valence electrons. The van der Waals surface area contributed by atoms with Gasteiger partial charge in [-0.15, -0.1) is 0 Å². The van der Waals surface area contributed by atoms with E-state index in [4.69, 9.17) is 16.3 Å². The van der Waals surface area contributed by atoms with Gasteiger partial charge in [-0.3, -0.25) is 4.79 Å². The number of amides is 1. The molecule has 0 spiro atoms. The monoisotopic (exact) mass is 568 g/mol. The second-order valence-electron chi connectivity index (χ2n) is 8.74. The summed E-state index contributed by atoms with van der Waals surface area (Å²) in [7, 11) is 0. The number of hydrogen-bond donors (Lipinski definition) is 1. The van der Waals surface area contributed by atoms with Gasteiger partial charge in [-0.2, -0.15) is 13.2 Å². The Balaban J connectivity index is 1.34. The zero-order valence-corrected chi connectivity index (χ0v) is 21.7. The summed E-state index contributed by atoms with van der Waals surface area (Å²) in [5, 5.41) is 2.64. The van der Waals surface area contributed by atoms with Crippen LogP contribution in [0.3, 0.4) is 0 Å². The largest absolute Gasteiger partial charge is 0.449 e. The van der Waals surface area contributed by atoms with Crippen molar-refractivity contribution in [3.05, 3.63) is 112 Å². The fourth-order valence-electron chi connectivity index (χ4n) is 4.55. The Morgan fingerprint density at radius 1 is 1.03 bits per heavy atom. The number of carbonyl (C=O) groups excluding carboxylic acids is 2.